The van der Waals surface area contributed by atoms with Gasteiger partial charge in [-0.05, 0) is 31.4 Å². The minimum atomic E-state index is -1.06. The van der Waals surface area contributed by atoms with E-state index in [0.717, 1.165) is 26.9 Å². The Morgan fingerprint density at radius 3 is 2.70 bits per heavy atom. The molecule has 0 saturated heterocycles. The van der Waals surface area contributed by atoms with E-state index in [0.29, 0.717) is 5.82 Å². The molecule has 7 nitrogen and oxygen atoms in total. The minimum absolute atomic E-state index is 0.0221. The van der Waals surface area contributed by atoms with Gasteiger partial charge >= 0.3 is 5.97 Å². The first-order valence-corrected chi connectivity index (χ1v) is 9.32. The molecule has 2 aromatic heterocycles. The summed E-state index contributed by atoms with van der Waals surface area (Å²) in [6.07, 6.45) is 1.46. The van der Waals surface area contributed by atoms with E-state index >= 15 is 0 Å². The van der Waals surface area contributed by atoms with Crippen molar-refractivity contribution in [2.75, 3.05) is 5.32 Å². The number of primary amides is 1. The summed E-state index contributed by atoms with van der Waals surface area (Å²) in [5.41, 5.74) is 9.44. The Labute approximate surface area is 160 Å². The number of carbonyl (C=O) groups excluding carboxylic acids is 1. The number of carboxylic acid groups (broad SMARTS) is 1. The summed E-state index contributed by atoms with van der Waals surface area (Å²) in [6.45, 7) is 4.07. The molecule has 1 atom stereocenters. The molecule has 1 unspecified atom stereocenters. The van der Waals surface area contributed by atoms with Gasteiger partial charge in [0.15, 0.2) is 0 Å². The maximum Gasteiger partial charge on any atom is 0.326 e. The lowest BCUT2D eigenvalue weighted by atomic mass is 9.99. The van der Waals surface area contributed by atoms with Gasteiger partial charge < -0.3 is 16.2 Å². The van der Waals surface area contributed by atoms with E-state index in [9.17, 15) is 14.7 Å². The largest absolute Gasteiger partial charge is 0.480 e. The zero-order valence-corrected chi connectivity index (χ0v) is 15.8. The molecule has 0 bridgehead atoms. The first-order valence-electron chi connectivity index (χ1n) is 8.44. The predicted molar refractivity (Wildman–Crippen MR) is 106 cm³/mol. The van der Waals surface area contributed by atoms with Gasteiger partial charge in [-0.3, -0.25) is 4.79 Å². The van der Waals surface area contributed by atoms with Crippen LogP contribution in [0.4, 0.5) is 5.82 Å². The van der Waals surface area contributed by atoms with Crippen LogP contribution >= 0.6 is 11.3 Å². The minimum Gasteiger partial charge on any atom is -0.480 e. The molecule has 0 aliphatic carbocycles. The highest BCUT2D eigenvalue weighted by atomic mass is 32.1. The number of aliphatic carboxylic acids is 1. The molecule has 1 amide bonds. The lowest BCUT2D eigenvalue weighted by molar-refractivity contribution is -0.138. The lowest BCUT2D eigenvalue weighted by Gasteiger charge is -2.16. The third-order valence-electron chi connectivity index (χ3n) is 4.33. The topological polar surface area (TPSA) is 118 Å². The highest BCUT2D eigenvalue weighted by Crippen LogP contribution is 2.38. The molecule has 0 saturated carbocycles. The molecule has 8 heteroatoms. The van der Waals surface area contributed by atoms with Crippen molar-refractivity contribution in [1.82, 2.24) is 9.97 Å². The van der Waals surface area contributed by atoms with Gasteiger partial charge in [-0.2, -0.15) is 0 Å². The summed E-state index contributed by atoms with van der Waals surface area (Å²) in [6, 6.07) is 5.21. The number of aryl methyl sites for hydroxylation is 2. The Balaban J connectivity index is 2.04. The summed E-state index contributed by atoms with van der Waals surface area (Å²) in [5.74, 6) is -1.17. The molecule has 0 fully saturated rings. The number of fused-ring (bicyclic) bond motifs is 1. The highest BCUT2D eigenvalue weighted by Gasteiger charge is 2.22. The van der Waals surface area contributed by atoms with Crippen molar-refractivity contribution < 1.29 is 14.7 Å². The van der Waals surface area contributed by atoms with Crippen LogP contribution in [0.15, 0.2) is 29.9 Å². The van der Waals surface area contributed by atoms with E-state index in [4.69, 9.17) is 5.73 Å². The normalized spacial score (nSPS) is 12.1. The van der Waals surface area contributed by atoms with Crippen LogP contribution in [0.1, 0.15) is 24.0 Å². The molecule has 0 radical (unpaired) electrons. The Hall–Kier alpha value is -3.00. The number of carbonyl (C=O) groups is 2. The van der Waals surface area contributed by atoms with Crippen LogP contribution in [0.3, 0.4) is 0 Å². The van der Waals surface area contributed by atoms with E-state index in [1.807, 2.05) is 31.4 Å². The van der Waals surface area contributed by atoms with Gasteiger partial charge in [0, 0.05) is 17.4 Å². The number of anilines is 1. The number of hydrogen-bond acceptors (Lipinski definition) is 6. The number of benzene rings is 1. The molecule has 140 valence electrons. The molecule has 3 aromatic rings. The van der Waals surface area contributed by atoms with E-state index in [-0.39, 0.29) is 12.8 Å². The fourth-order valence-electron chi connectivity index (χ4n) is 3.01. The Kier molecular flexibility index (Phi) is 5.36. The van der Waals surface area contributed by atoms with Gasteiger partial charge in [0.05, 0.1) is 5.39 Å². The Morgan fingerprint density at radius 2 is 2.04 bits per heavy atom. The number of nitrogens with zero attached hydrogens (tertiary/aromatic N) is 2. The van der Waals surface area contributed by atoms with E-state index < -0.39 is 17.9 Å². The van der Waals surface area contributed by atoms with E-state index in [2.05, 4.69) is 21.4 Å². The second-order valence-electron chi connectivity index (χ2n) is 6.41. The zero-order valence-electron chi connectivity index (χ0n) is 15.0. The van der Waals surface area contributed by atoms with Crippen LogP contribution in [-0.2, 0) is 9.59 Å². The standard InChI is InChI=1S/C19H20N4O3S/c1-10-3-4-12(11(2)7-10)13-8-27-18-16(13)17(21-9-22-18)23-14(19(25)26)5-6-15(20)24/h3-4,7-9,14H,5-6H2,1-2H3,(H2,20,24)(H,25,26)(H,21,22,23). The molecule has 0 aliphatic heterocycles. The van der Waals surface area contributed by atoms with Crippen molar-refractivity contribution in [3.63, 3.8) is 0 Å². The van der Waals surface area contributed by atoms with Crippen molar-refractivity contribution in [3.05, 3.63) is 41.0 Å². The van der Waals surface area contributed by atoms with Crippen LogP contribution in [0, 0.1) is 13.8 Å². The van der Waals surface area contributed by atoms with Crippen molar-refractivity contribution >= 4 is 39.2 Å². The number of thiophene rings is 1. The molecule has 27 heavy (non-hydrogen) atoms. The molecular formula is C19H20N4O3S. The number of aromatic nitrogens is 2. The summed E-state index contributed by atoms with van der Waals surface area (Å²) in [7, 11) is 0. The first-order chi connectivity index (χ1) is 12.9. The van der Waals surface area contributed by atoms with E-state index in [1.165, 1.54) is 23.2 Å². The molecule has 4 N–H and O–H groups in total. The predicted octanol–water partition coefficient (Wildman–Crippen LogP) is 3.11. The summed E-state index contributed by atoms with van der Waals surface area (Å²) in [5, 5.41) is 15.2. The number of nitrogens with one attached hydrogen (secondary N) is 1. The van der Waals surface area contributed by atoms with Gasteiger partial charge in [0.2, 0.25) is 5.91 Å². The lowest BCUT2D eigenvalue weighted by Crippen LogP contribution is -2.31. The molecule has 1 aromatic carbocycles. The number of carboxylic acids is 1. The SMILES string of the molecule is Cc1ccc(-c2csc3ncnc(NC(CCC(N)=O)C(=O)O)c23)c(C)c1. The van der Waals surface area contributed by atoms with Crippen LogP contribution in [0.2, 0.25) is 0 Å². The number of hydrogen-bond donors (Lipinski definition) is 3. The average molecular weight is 384 g/mol. The monoisotopic (exact) mass is 384 g/mol. The third kappa shape index (κ3) is 4.06. The van der Waals surface area contributed by atoms with Crippen LogP contribution in [0.25, 0.3) is 21.3 Å². The van der Waals surface area contributed by atoms with Crippen molar-refractivity contribution in [2.45, 2.75) is 32.7 Å². The van der Waals surface area contributed by atoms with Crippen LogP contribution in [-0.4, -0.2) is 33.0 Å². The number of amides is 1. The fourth-order valence-corrected chi connectivity index (χ4v) is 3.91. The molecule has 0 aliphatic rings. The zero-order chi connectivity index (χ0) is 19.6. The maximum atomic E-state index is 11.6. The average Bonchev–Trinajstić information content (AvgIpc) is 3.03. The van der Waals surface area contributed by atoms with Gasteiger partial charge in [-0.15, -0.1) is 11.3 Å². The van der Waals surface area contributed by atoms with Gasteiger partial charge in [-0.25, -0.2) is 14.8 Å². The smallest absolute Gasteiger partial charge is 0.326 e. The van der Waals surface area contributed by atoms with Crippen molar-refractivity contribution in [3.8, 4) is 11.1 Å². The highest BCUT2D eigenvalue weighted by molar-refractivity contribution is 7.17. The maximum absolute atomic E-state index is 11.6. The Bertz CT molecular complexity index is 1020. The van der Waals surface area contributed by atoms with Crippen molar-refractivity contribution in [2.24, 2.45) is 5.73 Å². The molecule has 2 heterocycles. The number of nitrogens with two attached hydrogens (primary N) is 1. The molecule has 0 spiro atoms. The second kappa shape index (κ2) is 7.71. The summed E-state index contributed by atoms with van der Waals surface area (Å²) < 4.78 is 0. The second-order valence-corrected chi connectivity index (χ2v) is 7.27. The quantitative estimate of drug-likeness (QED) is 0.576. The Morgan fingerprint density at radius 1 is 1.26 bits per heavy atom. The third-order valence-corrected chi connectivity index (χ3v) is 5.22. The van der Waals surface area contributed by atoms with Gasteiger partial charge in [0.25, 0.3) is 0 Å². The van der Waals surface area contributed by atoms with Gasteiger partial charge in [0.1, 0.15) is 23.0 Å². The fraction of sp³-hybridized carbons (Fsp3) is 0.263. The first kappa shape index (κ1) is 18.8. The van der Waals surface area contributed by atoms with Crippen molar-refractivity contribution in [1.29, 1.82) is 0 Å². The van der Waals surface area contributed by atoms with Crippen LogP contribution < -0.4 is 11.1 Å². The van der Waals surface area contributed by atoms with E-state index in [1.54, 1.807) is 0 Å². The summed E-state index contributed by atoms with van der Waals surface area (Å²) >= 11 is 1.48. The van der Waals surface area contributed by atoms with Gasteiger partial charge in [-0.1, -0.05) is 23.8 Å². The molecular weight excluding hydrogens is 364 g/mol. The van der Waals surface area contributed by atoms with Crippen LogP contribution in [0.5, 0.6) is 0 Å². The summed E-state index contributed by atoms with van der Waals surface area (Å²) in [4.78, 5) is 32.0. The molecule has 3 rings (SSSR count). The number of rotatable bonds is 7.